The van der Waals surface area contributed by atoms with Crippen LogP contribution in [0, 0.1) is 6.92 Å². The minimum absolute atomic E-state index is 0.00561. The molecular weight excluding hydrogens is 326 g/mol. The maximum atomic E-state index is 12.1. The first kappa shape index (κ1) is 18.3. The van der Waals surface area contributed by atoms with Crippen LogP contribution in [0.25, 0.3) is 0 Å². The number of aryl methyl sites for hydroxylation is 1. The molecule has 8 nitrogen and oxygen atoms in total. The Morgan fingerprint density at radius 2 is 1.83 bits per heavy atom. The second-order valence-corrected chi connectivity index (χ2v) is 7.00. The molecule has 0 unspecified atom stereocenters. The fourth-order valence-corrected chi connectivity index (χ4v) is 3.15. The molecule has 1 aromatic carbocycles. The largest absolute Gasteiger partial charge is 0.388 e. The minimum Gasteiger partial charge on any atom is -0.388 e. The Morgan fingerprint density at radius 1 is 1.22 bits per heavy atom. The Bertz CT molecular complexity index is 617. The van der Waals surface area contributed by atoms with Crippen molar-refractivity contribution >= 4 is 10.1 Å². The lowest BCUT2D eigenvalue weighted by atomic mass is 9.98. The minimum atomic E-state index is -4.00. The van der Waals surface area contributed by atoms with Crippen LogP contribution in [-0.2, 0) is 23.8 Å². The molecule has 0 radical (unpaired) electrons. The molecule has 0 amide bonds. The molecule has 130 valence electrons. The second kappa shape index (κ2) is 7.22. The zero-order valence-corrected chi connectivity index (χ0v) is 13.6. The highest BCUT2D eigenvalue weighted by Crippen LogP contribution is 2.22. The lowest BCUT2D eigenvalue weighted by molar-refractivity contribution is -0.256. The van der Waals surface area contributed by atoms with Crippen molar-refractivity contribution < 1.29 is 32.3 Å². The average molecular weight is 347 g/mol. The Morgan fingerprint density at radius 3 is 2.39 bits per heavy atom. The van der Waals surface area contributed by atoms with Crippen LogP contribution in [0.1, 0.15) is 5.56 Å². The third kappa shape index (κ3) is 4.07. The van der Waals surface area contributed by atoms with E-state index >= 15 is 0 Å². The highest BCUT2D eigenvalue weighted by Gasteiger charge is 2.43. The second-order valence-electron chi connectivity index (χ2n) is 5.39. The van der Waals surface area contributed by atoms with Gasteiger partial charge >= 0.3 is 0 Å². The summed E-state index contributed by atoms with van der Waals surface area (Å²) in [6.07, 6.45) is -4.76. The number of hydrogen-bond acceptors (Lipinski definition) is 8. The summed E-state index contributed by atoms with van der Waals surface area (Å²) in [6, 6.07) is 5.19. The van der Waals surface area contributed by atoms with Gasteiger partial charge in [0.05, 0.1) is 17.5 Å². The summed E-state index contributed by atoms with van der Waals surface area (Å²) in [5.41, 5.74) is 6.57. The normalized spacial score (nSPS) is 32.0. The highest BCUT2D eigenvalue weighted by molar-refractivity contribution is 7.86. The van der Waals surface area contributed by atoms with Gasteiger partial charge in [0.2, 0.25) is 0 Å². The molecule has 9 heteroatoms. The number of rotatable bonds is 5. The van der Waals surface area contributed by atoms with E-state index in [9.17, 15) is 18.6 Å². The van der Waals surface area contributed by atoms with Crippen molar-refractivity contribution in [1.29, 1.82) is 0 Å². The number of methoxy groups -OCH3 is 1. The Labute approximate surface area is 134 Å². The third-order valence-corrected chi connectivity index (χ3v) is 4.97. The van der Waals surface area contributed by atoms with Crippen LogP contribution in [0.15, 0.2) is 29.2 Å². The van der Waals surface area contributed by atoms with Crippen LogP contribution < -0.4 is 5.73 Å². The molecule has 4 N–H and O–H groups in total. The molecule has 23 heavy (non-hydrogen) atoms. The molecule has 1 heterocycles. The van der Waals surface area contributed by atoms with Crippen molar-refractivity contribution in [2.75, 3.05) is 13.7 Å². The van der Waals surface area contributed by atoms with E-state index in [4.69, 9.17) is 19.4 Å². The van der Waals surface area contributed by atoms with E-state index < -0.39 is 47.4 Å². The monoisotopic (exact) mass is 347 g/mol. The molecule has 0 saturated carbocycles. The van der Waals surface area contributed by atoms with Crippen molar-refractivity contribution in [3.05, 3.63) is 29.8 Å². The molecule has 2 rings (SSSR count). The van der Waals surface area contributed by atoms with Gasteiger partial charge in [-0.3, -0.25) is 4.18 Å². The van der Waals surface area contributed by atoms with Gasteiger partial charge in [0.25, 0.3) is 10.1 Å². The van der Waals surface area contributed by atoms with Crippen LogP contribution in [0.4, 0.5) is 0 Å². The van der Waals surface area contributed by atoms with Gasteiger partial charge in [-0.05, 0) is 19.1 Å². The lowest BCUT2D eigenvalue weighted by Crippen LogP contribution is -2.62. The summed E-state index contributed by atoms with van der Waals surface area (Å²) in [4.78, 5) is -0.00561. The van der Waals surface area contributed by atoms with Crippen molar-refractivity contribution in [3.63, 3.8) is 0 Å². The maximum Gasteiger partial charge on any atom is 0.297 e. The Balaban J connectivity index is 2.05. The number of hydrogen-bond donors (Lipinski definition) is 3. The molecule has 1 aliphatic heterocycles. The summed E-state index contributed by atoms with van der Waals surface area (Å²) in [7, 11) is -2.67. The molecule has 1 fully saturated rings. The van der Waals surface area contributed by atoms with Crippen molar-refractivity contribution in [1.82, 2.24) is 0 Å². The first-order valence-corrected chi connectivity index (χ1v) is 8.43. The molecule has 0 spiro atoms. The molecule has 0 bridgehead atoms. The van der Waals surface area contributed by atoms with E-state index in [0.717, 1.165) is 5.56 Å². The number of nitrogens with two attached hydrogens (primary N) is 1. The fourth-order valence-electron chi connectivity index (χ4n) is 2.23. The first-order valence-electron chi connectivity index (χ1n) is 7.02. The molecule has 1 aromatic rings. The van der Waals surface area contributed by atoms with E-state index in [2.05, 4.69) is 0 Å². The van der Waals surface area contributed by atoms with Crippen LogP contribution in [0.3, 0.4) is 0 Å². The maximum absolute atomic E-state index is 12.1. The zero-order chi connectivity index (χ0) is 17.2. The fraction of sp³-hybridized carbons (Fsp3) is 0.571. The summed E-state index contributed by atoms with van der Waals surface area (Å²) in [5.74, 6) is 0. The van der Waals surface area contributed by atoms with E-state index in [0.29, 0.717) is 0 Å². The standard InChI is InChI=1S/C14H21NO7S/c1-8-3-5-9(6-4-8)23(18,19)21-7-10-12(16)13(17)11(15)14(20-2)22-10/h3-6,10-14,16-17H,7,15H2,1-2H3/t10-,11-,12-,13+,14+/m0/s1. The summed E-state index contributed by atoms with van der Waals surface area (Å²) in [6.45, 7) is 1.36. The van der Waals surface area contributed by atoms with Crippen LogP contribution >= 0.6 is 0 Å². The van der Waals surface area contributed by atoms with E-state index in [1.807, 2.05) is 6.92 Å². The summed E-state index contributed by atoms with van der Waals surface area (Å²) in [5, 5.41) is 19.8. The first-order chi connectivity index (χ1) is 10.8. The summed E-state index contributed by atoms with van der Waals surface area (Å²) >= 11 is 0. The Kier molecular flexibility index (Phi) is 5.74. The van der Waals surface area contributed by atoms with Gasteiger partial charge in [-0.2, -0.15) is 8.42 Å². The van der Waals surface area contributed by atoms with Gasteiger partial charge in [0, 0.05) is 7.11 Å². The van der Waals surface area contributed by atoms with Crippen LogP contribution in [0.5, 0.6) is 0 Å². The molecule has 1 aliphatic rings. The average Bonchev–Trinajstić information content (AvgIpc) is 2.52. The molecule has 5 atom stereocenters. The topological polar surface area (TPSA) is 128 Å². The van der Waals surface area contributed by atoms with Gasteiger partial charge in [0.1, 0.15) is 18.3 Å². The van der Waals surface area contributed by atoms with E-state index in [1.54, 1.807) is 12.1 Å². The van der Waals surface area contributed by atoms with Crippen LogP contribution in [0.2, 0.25) is 0 Å². The number of benzene rings is 1. The Hall–Kier alpha value is -1.07. The highest BCUT2D eigenvalue weighted by atomic mass is 32.2. The van der Waals surface area contributed by atoms with E-state index in [1.165, 1.54) is 19.2 Å². The van der Waals surface area contributed by atoms with Gasteiger partial charge in [-0.1, -0.05) is 17.7 Å². The van der Waals surface area contributed by atoms with Gasteiger partial charge in [0.15, 0.2) is 6.29 Å². The number of aliphatic hydroxyl groups is 2. The van der Waals surface area contributed by atoms with Gasteiger partial charge in [-0.15, -0.1) is 0 Å². The third-order valence-electron chi connectivity index (χ3n) is 3.68. The number of aliphatic hydroxyl groups excluding tert-OH is 2. The predicted octanol–water partition coefficient (Wildman–Crippen LogP) is -0.879. The number of ether oxygens (including phenoxy) is 2. The lowest BCUT2D eigenvalue weighted by Gasteiger charge is -2.40. The molecule has 1 saturated heterocycles. The summed E-state index contributed by atoms with van der Waals surface area (Å²) < 4.78 is 39.4. The van der Waals surface area contributed by atoms with E-state index in [-0.39, 0.29) is 4.90 Å². The van der Waals surface area contributed by atoms with Gasteiger partial charge < -0.3 is 25.4 Å². The quantitative estimate of drug-likeness (QED) is 0.586. The SMILES string of the molecule is CO[C@@H]1O[C@@H](COS(=O)(=O)c2ccc(C)cc2)[C@H](O)[C@H](O)[C@@H]1N. The molecular formula is C14H21NO7S. The molecule has 0 aromatic heterocycles. The molecule has 0 aliphatic carbocycles. The van der Waals surface area contributed by atoms with Crippen molar-refractivity contribution in [2.45, 2.75) is 42.5 Å². The smallest absolute Gasteiger partial charge is 0.297 e. The zero-order valence-electron chi connectivity index (χ0n) is 12.8. The predicted molar refractivity (Wildman–Crippen MR) is 80.0 cm³/mol. The van der Waals surface area contributed by atoms with Crippen LogP contribution in [-0.4, -0.2) is 63.0 Å². The van der Waals surface area contributed by atoms with Crippen molar-refractivity contribution in [2.24, 2.45) is 5.73 Å². The van der Waals surface area contributed by atoms with Gasteiger partial charge in [-0.25, -0.2) is 0 Å². The van der Waals surface area contributed by atoms with Crippen molar-refractivity contribution in [3.8, 4) is 0 Å².